The van der Waals surface area contributed by atoms with Crippen LogP contribution in [-0.2, 0) is 14.3 Å². The third-order valence-corrected chi connectivity index (χ3v) is 14.9. The third-order valence-electron chi connectivity index (χ3n) is 14.9. The van der Waals surface area contributed by atoms with Crippen molar-refractivity contribution >= 4 is 28.5 Å². The summed E-state index contributed by atoms with van der Waals surface area (Å²) in [6, 6.07) is 18.7. The number of hydrogen-bond donors (Lipinski definition) is 3. The van der Waals surface area contributed by atoms with Crippen molar-refractivity contribution in [2.45, 2.75) is 159 Å². The molecular weight excluding hydrogens is 871 g/mol. The summed E-state index contributed by atoms with van der Waals surface area (Å²) in [7, 11) is 1.82. The van der Waals surface area contributed by atoms with Gasteiger partial charge >= 0.3 is 6.09 Å². The summed E-state index contributed by atoms with van der Waals surface area (Å²) in [5, 5.41) is 29.9. The number of aliphatic hydroxyl groups is 2. The van der Waals surface area contributed by atoms with E-state index in [0.717, 1.165) is 86.1 Å². The van der Waals surface area contributed by atoms with Gasteiger partial charge in [0.15, 0.2) is 0 Å². The SMILES string of the molecule is C=CCOC12Oc3ccc(OC(=O)NCCCCCCCCCCCC)cc3C3C(CCCCO)C(CCCCO)C=C(C(=NOC4CCCCO4)CC1N(C)C(=O)c1ccc4ccccc4c1)C32. The zero-order valence-electron chi connectivity index (χ0n) is 41.4. The summed E-state index contributed by atoms with van der Waals surface area (Å²) in [6.45, 7) is 7.77. The van der Waals surface area contributed by atoms with E-state index in [1.165, 1.54) is 44.9 Å². The van der Waals surface area contributed by atoms with E-state index in [1.54, 1.807) is 17.0 Å². The van der Waals surface area contributed by atoms with Crippen LogP contribution in [0.3, 0.4) is 0 Å². The highest BCUT2D eigenvalue weighted by molar-refractivity contribution is 6.04. The Morgan fingerprint density at radius 3 is 2.35 bits per heavy atom. The zero-order chi connectivity index (χ0) is 48.4. The van der Waals surface area contributed by atoms with Gasteiger partial charge in [-0.25, -0.2) is 4.79 Å². The van der Waals surface area contributed by atoms with Gasteiger partial charge < -0.3 is 44.2 Å². The highest BCUT2D eigenvalue weighted by Gasteiger charge is 2.65. The van der Waals surface area contributed by atoms with E-state index in [2.05, 4.69) is 24.9 Å². The Morgan fingerprint density at radius 2 is 1.62 bits per heavy atom. The van der Waals surface area contributed by atoms with E-state index in [-0.39, 0.29) is 49.9 Å². The molecule has 4 aliphatic rings. The molecule has 2 aliphatic heterocycles. The molecule has 0 radical (unpaired) electrons. The van der Waals surface area contributed by atoms with E-state index in [0.29, 0.717) is 48.8 Å². The molecule has 12 heteroatoms. The minimum absolute atomic E-state index is 0.0165. The molecule has 3 aromatic carbocycles. The maximum Gasteiger partial charge on any atom is 0.412 e. The van der Waals surface area contributed by atoms with Crippen molar-refractivity contribution in [3.63, 3.8) is 0 Å². The molecule has 7 atom stereocenters. The number of nitrogens with zero attached hydrogens (tertiary/aromatic N) is 2. The summed E-state index contributed by atoms with van der Waals surface area (Å²) >= 11 is 0. The van der Waals surface area contributed by atoms with Crippen LogP contribution in [0.4, 0.5) is 4.79 Å². The van der Waals surface area contributed by atoms with Gasteiger partial charge in [0.2, 0.25) is 12.1 Å². The second-order valence-electron chi connectivity index (χ2n) is 19.7. The Kier molecular flexibility index (Phi) is 20.0. The standard InChI is InChI=1S/C57H79N3O9/c1-4-6-7-8-9-10-11-12-13-19-32-58-56(64)67-45-30-31-50-48(39-45)53-46(26-17-21-34-62)43(25-16-20-33-61)38-47-49(59-69-52-27-18-22-36-65-52)40-51(57(68-50,54(47)53)66-35-5-2)60(3)55(63)44-29-28-41-23-14-15-24-42(41)37-44/h5,14-15,23-24,28-31,37-39,43,46,51-54,61-62H,2,4,6-13,16-22,25-27,32-36,40H2,1,3H3,(H,58,64). The lowest BCUT2D eigenvalue weighted by atomic mass is 9.55. The van der Waals surface area contributed by atoms with Crippen LogP contribution in [0.2, 0.25) is 0 Å². The molecule has 0 aromatic heterocycles. The van der Waals surface area contributed by atoms with Crippen molar-refractivity contribution in [2.24, 2.45) is 22.9 Å². The van der Waals surface area contributed by atoms with Crippen LogP contribution in [-0.4, -0.2) is 91.0 Å². The first kappa shape index (κ1) is 52.1. The fourth-order valence-corrected chi connectivity index (χ4v) is 11.3. The molecule has 12 nitrogen and oxygen atoms in total. The number of benzene rings is 3. The molecule has 2 aliphatic carbocycles. The summed E-state index contributed by atoms with van der Waals surface area (Å²) in [4.78, 5) is 36.4. The van der Waals surface area contributed by atoms with Crippen LogP contribution >= 0.6 is 0 Å². The molecule has 2 heterocycles. The Bertz CT molecular complexity index is 2190. The van der Waals surface area contributed by atoms with E-state index in [4.69, 9.17) is 28.9 Å². The van der Waals surface area contributed by atoms with Crippen molar-refractivity contribution in [3.8, 4) is 11.5 Å². The normalized spacial score (nSPS) is 24.4. The summed E-state index contributed by atoms with van der Waals surface area (Å²) in [6.07, 6.45) is 22.6. The zero-order valence-corrected chi connectivity index (χ0v) is 41.4. The Morgan fingerprint density at radius 1 is 0.884 bits per heavy atom. The number of likely N-dealkylation sites (N-methyl/N-ethyl adjacent to an activating group) is 1. The summed E-state index contributed by atoms with van der Waals surface area (Å²) in [5.41, 5.74) is 3.05. The number of ether oxygens (including phenoxy) is 4. The van der Waals surface area contributed by atoms with E-state index < -0.39 is 30.1 Å². The van der Waals surface area contributed by atoms with Crippen molar-refractivity contribution in [3.05, 3.63) is 96.1 Å². The smallest absolute Gasteiger partial charge is 0.412 e. The molecule has 376 valence electrons. The van der Waals surface area contributed by atoms with Crippen molar-refractivity contribution in [2.75, 3.05) is 40.0 Å². The lowest BCUT2D eigenvalue weighted by Gasteiger charge is -2.59. The molecule has 7 unspecified atom stereocenters. The first-order valence-corrected chi connectivity index (χ1v) is 26.4. The summed E-state index contributed by atoms with van der Waals surface area (Å²) < 4.78 is 26.5. The van der Waals surface area contributed by atoms with Crippen molar-refractivity contribution in [1.82, 2.24) is 10.2 Å². The number of aliphatic hydroxyl groups excluding tert-OH is 2. The van der Waals surface area contributed by atoms with E-state index in [1.807, 2.05) is 61.6 Å². The largest absolute Gasteiger partial charge is 0.459 e. The molecule has 1 saturated heterocycles. The number of carbonyl (C=O) groups excluding carboxylic acids is 2. The molecule has 1 saturated carbocycles. The molecule has 69 heavy (non-hydrogen) atoms. The molecule has 0 bridgehead atoms. The maximum atomic E-state index is 15.0. The first-order valence-electron chi connectivity index (χ1n) is 26.4. The van der Waals surface area contributed by atoms with Gasteiger partial charge in [0.25, 0.3) is 5.91 Å². The monoisotopic (exact) mass is 950 g/mol. The quantitative estimate of drug-likeness (QED) is 0.0386. The fourth-order valence-electron chi connectivity index (χ4n) is 11.3. The number of nitrogens with one attached hydrogen (secondary N) is 1. The van der Waals surface area contributed by atoms with Gasteiger partial charge in [0.05, 0.1) is 24.8 Å². The van der Waals surface area contributed by atoms with E-state index >= 15 is 0 Å². The number of unbranched alkanes of at least 4 members (excludes halogenated alkanes) is 11. The average molecular weight is 950 g/mol. The maximum absolute atomic E-state index is 15.0. The number of fused-ring (bicyclic) bond motifs is 3. The summed E-state index contributed by atoms with van der Waals surface area (Å²) in [5.74, 6) is -1.31. The molecule has 2 amide bonds. The molecule has 2 fully saturated rings. The predicted octanol–water partition coefficient (Wildman–Crippen LogP) is 11.8. The number of hydrogen-bond acceptors (Lipinski definition) is 10. The molecule has 3 N–H and O–H groups in total. The number of amides is 2. The number of oxime groups is 1. The first-order chi connectivity index (χ1) is 33.8. The van der Waals surface area contributed by atoms with Gasteiger partial charge in [0.1, 0.15) is 17.5 Å². The number of allylic oxidation sites excluding steroid dienone is 1. The Hall–Kier alpha value is -4.75. The van der Waals surface area contributed by atoms with Gasteiger partial charge in [-0.2, -0.15) is 0 Å². The lowest BCUT2D eigenvalue weighted by Crippen LogP contribution is -2.69. The van der Waals surface area contributed by atoms with Crippen LogP contribution < -0.4 is 14.8 Å². The highest BCUT2D eigenvalue weighted by Crippen LogP contribution is 2.62. The second-order valence-corrected chi connectivity index (χ2v) is 19.7. The van der Waals surface area contributed by atoms with Crippen LogP contribution in [0.1, 0.15) is 157 Å². The molecule has 7 rings (SSSR count). The number of carbonyl (C=O) groups is 2. The third kappa shape index (κ3) is 13.2. The lowest BCUT2D eigenvalue weighted by molar-refractivity contribution is -0.252. The topological polar surface area (TPSA) is 148 Å². The fraction of sp³-hybridized carbons (Fsp3) is 0.596. The van der Waals surface area contributed by atoms with E-state index in [9.17, 15) is 19.8 Å². The predicted molar refractivity (Wildman–Crippen MR) is 272 cm³/mol. The Labute approximate surface area is 410 Å². The van der Waals surface area contributed by atoms with Gasteiger partial charge in [-0.1, -0.05) is 125 Å². The van der Waals surface area contributed by atoms with Crippen LogP contribution in [0.15, 0.2) is 90.1 Å². The second kappa shape index (κ2) is 26.5. The van der Waals surface area contributed by atoms with Gasteiger partial charge in [-0.15, -0.1) is 6.58 Å². The Balaban J connectivity index is 1.25. The molecule has 0 spiro atoms. The average Bonchev–Trinajstić information content (AvgIpc) is 3.37. The van der Waals surface area contributed by atoms with Gasteiger partial charge in [-0.05, 0) is 103 Å². The highest BCUT2D eigenvalue weighted by atomic mass is 16.8. The van der Waals surface area contributed by atoms with Crippen LogP contribution in [0.5, 0.6) is 11.5 Å². The molecular formula is C57H79N3O9. The minimum atomic E-state index is -1.42. The van der Waals surface area contributed by atoms with Crippen molar-refractivity contribution in [1.29, 1.82) is 0 Å². The van der Waals surface area contributed by atoms with Crippen molar-refractivity contribution < 1.29 is 43.6 Å². The van der Waals surface area contributed by atoms with Crippen LogP contribution in [0.25, 0.3) is 10.8 Å². The van der Waals surface area contributed by atoms with Crippen LogP contribution in [0, 0.1) is 17.8 Å². The number of rotatable bonds is 27. The van der Waals surface area contributed by atoms with Gasteiger partial charge in [0, 0.05) is 56.7 Å². The molecule has 3 aromatic rings. The minimum Gasteiger partial charge on any atom is -0.459 e. The van der Waals surface area contributed by atoms with Gasteiger partial charge in [-0.3, -0.25) is 4.79 Å².